The number of rotatable bonds is 15. The number of amides is 3. The van der Waals surface area contributed by atoms with Crippen LogP contribution in [0.25, 0.3) is 0 Å². The van der Waals surface area contributed by atoms with Crippen LogP contribution in [0.4, 0.5) is 4.79 Å². The monoisotopic (exact) mass is 609 g/mol. The van der Waals surface area contributed by atoms with Crippen LogP contribution >= 0.6 is 0 Å². The molecule has 9 heteroatoms. The Balaban J connectivity index is 2.59. The van der Waals surface area contributed by atoms with Crippen LogP contribution in [0.15, 0.2) is 54.6 Å². The van der Waals surface area contributed by atoms with E-state index in [0.29, 0.717) is 17.9 Å². The number of hydrogen-bond donors (Lipinski definition) is 2. The topological polar surface area (TPSA) is 114 Å². The number of nitrogens with one attached hydrogen (secondary N) is 2. The molecule has 0 heterocycles. The third kappa shape index (κ3) is 12.4. The van der Waals surface area contributed by atoms with Crippen LogP contribution in [0.5, 0.6) is 0 Å². The normalized spacial score (nSPS) is 13.4. The molecule has 242 valence electrons. The van der Waals surface area contributed by atoms with Gasteiger partial charge in [-0.3, -0.25) is 14.4 Å². The molecular formula is C35H51N3O6. The predicted molar refractivity (Wildman–Crippen MR) is 172 cm³/mol. The van der Waals surface area contributed by atoms with Gasteiger partial charge in [-0.25, -0.2) is 4.79 Å². The first-order valence-electron chi connectivity index (χ1n) is 15.6. The Morgan fingerprint density at radius 2 is 1.61 bits per heavy atom. The summed E-state index contributed by atoms with van der Waals surface area (Å²) in [5.74, 6) is -0.851. The molecule has 2 aromatic rings. The molecule has 0 aliphatic carbocycles. The SMILES string of the molecule is CCOC(=O)CCNC(=O)C(c1cccc(C)c1)N(C(=O)C(Cc1ccccc1)NC(=O)OC(C)(C)C)C(C)CCC(C)C. The highest BCUT2D eigenvalue weighted by atomic mass is 16.6. The highest BCUT2D eigenvalue weighted by Crippen LogP contribution is 2.28. The van der Waals surface area contributed by atoms with Crippen molar-refractivity contribution in [1.82, 2.24) is 15.5 Å². The van der Waals surface area contributed by atoms with Crippen molar-refractivity contribution in [2.45, 2.75) is 105 Å². The molecule has 0 spiro atoms. The van der Waals surface area contributed by atoms with E-state index in [4.69, 9.17) is 9.47 Å². The van der Waals surface area contributed by atoms with Gasteiger partial charge in [-0.2, -0.15) is 0 Å². The molecule has 3 amide bonds. The molecule has 0 bridgehead atoms. The molecule has 0 saturated carbocycles. The number of carbonyl (C=O) groups excluding carboxylic acids is 4. The lowest BCUT2D eigenvalue weighted by molar-refractivity contribution is -0.146. The number of nitrogens with zero attached hydrogens (tertiary/aromatic N) is 1. The molecule has 44 heavy (non-hydrogen) atoms. The van der Waals surface area contributed by atoms with Gasteiger partial charge in [-0.1, -0.05) is 74.0 Å². The summed E-state index contributed by atoms with van der Waals surface area (Å²) in [5.41, 5.74) is 1.65. The first kappa shape index (κ1) is 36.3. The number of ether oxygens (including phenoxy) is 2. The molecule has 2 aromatic carbocycles. The first-order valence-corrected chi connectivity index (χ1v) is 15.6. The van der Waals surface area contributed by atoms with Crippen LogP contribution < -0.4 is 10.6 Å². The minimum atomic E-state index is -1.01. The largest absolute Gasteiger partial charge is 0.466 e. The van der Waals surface area contributed by atoms with Crippen LogP contribution in [0.3, 0.4) is 0 Å². The maximum Gasteiger partial charge on any atom is 0.408 e. The number of aryl methyl sites for hydroxylation is 1. The Morgan fingerprint density at radius 1 is 0.932 bits per heavy atom. The van der Waals surface area contributed by atoms with E-state index in [1.165, 1.54) is 0 Å². The van der Waals surface area contributed by atoms with E-state index in [9.17, 15) is 19.2 Å². The average Bonchev–Trinajstić information content (AvgIpc) is 2.93. The molecule has 3 atom stereocenters. The fourth-order valence-corrected chi connectivity index (χ4v) is 4.89. The van der Waals surface area contributed by atoms with Gasteiger partial charge in [0.25, 0.3) is 0 Å². The molecular weight excluding hydrogens is 558 g/mol. The molecule has 9 nitrogen and oxygen atoms in total. The average molecular weight is 610 g/mol. The van der Waals surface area contributed by atoms with Gasteiger partial charge in [0.2, 0.25) is 11.8 Å². The van der Waals surface area contributed by atoms with Gasteiger partial charge in [0.1, 0.15) is 17.7 Å². The Bertz CT molecular complexity index is 1220. The highest BCUT2D eigenvalue weighted by molar-refractivity contribution is 5.92. The van der Waals surface area contributed by atoms with Crippen molar-refractivity contribution in [3.63, 3.8) is 0 Å². The maximum absolute atomic E-state index is 14.7. The van der Waals surface area contributed by atoms with Crippen LogP contribution in [0.1, 0.15) is 90.5 Å². The molecule has 0 saturated heterocycles. The van der Waals surface area contributed by atoms with E-state index < -0.39 is 41.6 Å². The Labute approximate surface area is 263 Å². The van der Waals surface area contributed by atoms with Crippen molar-refractivity contribution in [1.29, 1.82) is 0 Å². The summed E-state index contributed by atoms with van der Waals surface area (Å²) in [6, 6.07) is 14.5. The van der Waals surface area contributed by atoms with Gasteiger partial charge in [0.15, 0.2) is 0 Å². The summed E-state index contributed by atoms with van der Waals surface area (Å²) in [4.78, 5) is 55.3. The third-order valence-electron chi connectivity index (χ3n) is 6.98. The summed E-state index contributed by atoms with van der Waals surface area (Å²) < 4.78 is 10.6. The molecule has 0 fully saturated rings. The summed E-state index contributed by atoms with van der Waals surface area (Å²) in [6.45, 7) is 15.4. The van der Waals surface area contributed by atoms with E-state index in [0.717, 1.165) is 17.5 Å². The molecule has 0 radical (unpaired) electrons. The summed E-state index contributed by atoms with van der Waals surface area (Å²) in [6.07, 6.45) is 0.976. The van der Waals surface area contributed by atoms with E-state index in [1.807, 2.05) is 68.4 Å². The lowest BCUT2D eigenvalue weighted by Gasteiger charge is -2.39. The molecule has 3 unspecified atom stereocenters. The minimum absolute atomic E-state index is 0.00774. The van der Waals surface area contributed by atoms with Crippen molar-refractivity contribution >= 4 is 23.9 Å². The van der Waals surface area contributed by atoms with Crippen molar-refractivity contribution in [2.24, 2.45) is 5.92 Å². The number of alkyl carbamates (subject to hydrolysis) is 1. The first-order chi connectivity index (χ1) is 20.7. The van der Waals surface area contributed by atoms with Crippen molar-refractivity contribution in [3.05, 3.63) is 71.3 Å². The van der Waals surface area contributed by atoms with E-state index >= 15 is 0 Å². The molecule has 0 aromatic heterocycles. The van der Waals surface area contributed by atoms with Crippen molar-refractivity contribution in [3.8, 4) is 0 Å². The second-order valence-corrected chi connectivity index (χ2v) is 12.6. The van der Waals surface area contributed by atoms with Gasteiger partial charge < -0.3 is 25.0 Å². The van der Waals surface area contributed by atoms with Crippen LogP contribution in [-0.2, 0) is 30.3 Å². The van der Waals surface area contributed by atoms with Crippen molar-refractivity contribution in [2.75, 3.05) is 13.2 Å². The molecule has 0 aliphatic rings. The molecule has 2 rings (SSSR count). The van der Waals surface area contributed by atoms with Gasteiger partial charge in [-0.05, 0) is 71.4 Å². The number of carbonyl (C=O) groups is 4. The highest BCUT2D eigenvalue weighted by Gasteiger charge is 2.39. The van der Waals surface area contributed by atoms with E-state index in [2.05, 4.69) is 24.5 Å². The number of esters is 1. The quantitative estimate of drug-likeness (QED) is 0.243. The zero-order valence-electron chi connectivity index (χ0n) is 27.6. The predicted octanol–water partition coefficient (Wildman–Crippen LogP) is 5.89. The Hall–Kier alpha value is -3.88. The van der Waals surface area contributed by atoms with E-state index in [-0.39, 0.29) is 32.0 Å². The maximum atomic E-state index is 14.7. The lowest BCUT2D eigenvalue weighted by Crippen LogP contribution is -2.56. The minimum Gasteiger partial charge on any atom is -0.466 e. The number of hydrogen-bond acceptors (Lipinski definition) is 6. The Morgan fingerprint density at radius 3 is 2.20 bits per heavy atom. The smallest absolute Gasteiger partial charge is 0.408 e. The van der Waals surface area contributed by atoms with Gasteiger partial charge in [0.05, 0.1) is 13.0 Å². The van der Waals surface area contributed by atoms with Crippen LogP contribution in [0.2, 0.25) is 0 Å². The van der Waals surface area contributed by atoms with Crippen LogP contribution in [0, 0.1) is 12.8 Å². The summed E-state index contributed by atoms with van der Waals surface area (Å²) in [5, 5.41) is 5.67. The fourth-order valence-electron chi connectivity index (χ4n) is 4.89. The van der Waals surface area contributed by atoms with Crippen LogP contribution in [-0.4, -0.2) is 59.6 Å². The zero-order chi connectivity index (χ0) is 32.9. The Kier molecular flexibility index (Phi) is 14.4. The zero-order valence-corrected chi connectivity index (χ0v) is 27.6. The molecule has 2 N–H and O–H groups in total. The van der Waals surface area contributed by atoms with Crippen molar-refractivity contribution < 1.29 is 28.7 Å². The summed E-state index contributed by atoms with van der Waals surface area (Å²) in [7, 11) is 0. The fraction of sp³-hybridized carbons (Fsp3) is 0.543. The van der Waals surface area contributed by atoms with Gasteiger partial charge in [0, 0.05) is 19.0 Å². The second kappa shape index (κ2) is 17.4. The van der Waals surface area contributed by atoms with Gasteiger partial charge in [-0.15, -0.1) is 0 Å². The molecule has 0 aliphatic heterocycles. The third-order valence-corrected chi connectivity index (χ3v) is 6.98. The van der Waals surface area contributed by atoms with Gasteiger partial charge >= 0.3 is 12.1 Å². The standard InChI is InChI=1S/C35H51N3O6/c1-9-43-30(39)20-21-36-32(40)31(28-17-13-14-25(4)22-28)38(26(5)19-18-24(2)3)33(41)29(23-27-15-11-10-12-16-27)37-34(42)44-35(6,7)8/h10-17,22,24,26,29,31H,9,18-21,23H2,1-8H3,(H,36,40)(H,37,42). The van der Waals surface area contributed by atoms with E-state index in [1.54, 1.807) is 32.6 Å². The second-order valence-electron chi connectivity index (χ2n) is 12.6. The lowest BCUT2D eigenvalue weighted by atomic mass is 9.95. The summed E-state index contributed by atoms with van der Waals surface area (Å²) >= 11 is 0. The number of benzene rings is 2.